The van der Waals surface area contributed by atoms with Crippen molar-refractivity contribution in [2.24, 2.45) is 0 Å². The molecule has 160 valence electrons. The largest absolute Gasteiger partial charge is 0.383 e. The van der Waals surface area contributed by atoms with E-state index in [2.05, 4.69) is 5.32 Å². The van der Waals surface area contributed by atoms with Crippen LogP contribution in [0.15, 0.2) is 64.4 Å². The summed E-state index contributed by atoms with van der Waals surface area (Å²) in [4.78, 5) is 28.7. The Kier molecular flexibility index (Phi) is 7.52. The van der Waals surface area contributed by atoms with E-state index < -0.39 is 27.7 Å². The zero-order chi connectivity index (χ0) is 21.6. The number of methoxy groups -OCH3 is 1. The number of nitrogens with zero attached hydrogens (tertiary/aromatic N) is 1. The number of anilines is 1. The molecule has 1 aliphatic heterocycles. The number of benzene rings is 2. The van der Waals surface area contributed by atoms with Crippen molar-refractivity contribution < 1.29 is 22.7 Å². The van der Waals surface area contributed by atoms with Gasteiger partial charge in [-0.05, 0) is 30.7 Å². The lowest BCUT2D eigenvalue weighted by Crippen LogP contribution is -2.48. The number of ether oxygens (including phenoxy) is 1. The van der Waals surface area contributed by atoms with Crippen LogP contribution in [0.4, 0.5) is 5.69 Å². The topological polar surface area (TPSA) is 92.8 Å². The first-order valence-electron chi connectivity index (χ1n) is 9.53. The fraction of sp³-hybridized carbons (Fsp3) is 0.333. The molecule has 1 N–H and O–H groups in total. The molecule has 1 saturated heterocycles. The summed E-state index contributed by atoms with van der Waals surface area (Å²) in [5, 5.41) is 2.69. The van der Waals surface area contributed by atoms with Gasteiger partial charge in [0, 0.05) is 29.5 Å². The maximum atomic E-state index is 12.9. The molecule has 0 saturated carbocycles. The van der Waals surface area contributed by atoms with Gasteiger partial charge in [0.05, 0.1) is 23.8 Å². The van der Waals surface area contributed by atoms with Gasteiger partial charge in [0.1, 0.15) is 0 Å². The summed E-state index contributed by atoms with van der Waals surface area (Å²) >= 11 is 1.48. The van der Waals surface area contributed by atoms with Crippen LogP contribution in [0.2, 0.25) is 0 Å². The number of carbonyl (C=O) groups is 2. The van der Waals surface area contributed by atoms with E-state index in [4.69, 9.17) is 4.74 Å². The maximum Gasteiger partial charge on any atom is 0.313 e. The minimum Gasteiger partial charge on any atom is -0.383 e. The summed E-state index contributed by atoms with van der Waals surface area (Å²) in [6.07, 6.45) is 0.325. The Labute approximate surface area is 180 Å². The van der Waals surface area contributed by atoms with Crippen molar-refractivity contribution in [2.75, 3.05) is 37.1 Å². The average Bonchev–Trinajstić information content (AvgIpc) is 3.09. The molecule has 9 heteroatoms. The summed E-state index contributed by atoms with van der Waals surface area (Å²) in [6, 6.07) is 16.4. The molecule has 30 heavy (non-hydrogen) atoms. The van der Waals surface area contributed by atoms with Crippen molar-refractivity contribution in [1.29, 1.82) is 0 Å². The number of sulfone groups is 1. The summed E-state index contributed by atoms with van der Waals surface area (Å²) in [5.41, 5.74) is 0.524. The van der Waals surface area contributed by atoms with Crippen LogP contribution in [0.3, 0.4) is 0 Å². The van der Waals surface area contributed by atoms with E-state index in [1.54, 1.807) is 12.1 Å². The van der Waals surface area contributed by atoms with Crippen LogP contribution >= 0.6 is 11.8 Å². The lowest BCUT2D eigenvalue weighted by Gasteiger charge is -2.27. The van der Waals surface area contributed by atoms with Gasteiger partial charge in [0.2, 0.25) is 0 Å². The first-order chi connectivity index (χ1) is 14.4. The molecular weight excluding hydrogens is 424 g/mol. The summed E-state index contributed by atoms with van der Waals surface area (Å²) in [6.45, 7) is 0.374. The number of carbonyl (C=O) groups excluding carboxylic acids is 2. The van der Waals surface area contributed by atoms with Crippen molar-refractivity contribution in [2.45, 2.75) is 22.3 Å². The molecule has 2 aromatic rings. The molecule has 2 aromatic carbocycles. The lowest BCUT2D eigenvalue weighted by molar-refractivity contribution is -0.145. The second kappa shape index (κ2) is 10.1. The normalized spacial score (nSPS) is 17.4. The first-order valence-corrected chi connectivity index (χ1v) is 12.2. The van der Waals surface area contributed by atoms with E-state index in [0.29, 0.717) is 12.1 Å². The average molecular weight is 449 g/mol. The highest BCUT2D eigenvalue weighted by molar-refractivity contribution is 7.99. The van der Waals surface area contributed by atoms with Crippen LogP contribution < -0.4 is 5.32 Å². The summed E-state index contributed by atoms with van der Waals surface area (Å²) < 4.78 is 28.7. The van der Waals surface area contributed by atoms with E-state index in [-0.39, 0.29) is 24.7 Å². The monoisotopic (exact) mass is 448 g/mol. The Hall–Kier alpha value is -2.36. The molecule has 0 aromatic heterocycles. The number of nitrogens with one attached hydrogen (secondary N) is 1. The Morgan fingerprint density at radius 3 is 2.50 bits per heavy atom. The van der Waals surface area contributed by atoms with Gasteiger partial charge in [-0.15, -0.1) is 0 Å². The van der Waals surface area contributed by atoms with E-state index in [9.17, 15) is 18.0 Å². The number of rotatable bonds is 7. The first kappa shape index (κ1) is 22.3. The van der Waals surface area contributed by atoms with Crippen LogP contribution in [0.1, 0.15) is 6.42 Å². The summed E-state index contributed by atoms with van der Waals surface area (Å²) in [5.74, 6) is -1.66. The second-order valence-corrected chi connectivity index (χ2v) is 10.3. The SMILES string of the molecule is COCCN(C(=O)C(=O)Nc1ccccc1Sc1ccccc1)C1CCS(=O)(=O)C1. The quantitative estimate of drug-likeness (QED) is 0.654. The van der Waals surface area contributed by atoms with Gasteiger partial charge < -0.3 is 15.0 Å². The van der Waals surface area contributed by atoms with Crippen molar-refractivity contribution in [3.05, 3.63) is 54.6 Å². The smallest absolute Gasteiger partial charge is 0.313 e. The van der Waals surface area contributed by atoms with Gasteiger partial charge >= 0.3 is 11.8 Å². The molecule has 1 unspecified atom stereocenters. The van der Waals surface area contributed by atoms with Gasteiger partial charge in [0.25, 0.3) is 0 Å². The molecule has 1 fully saturated rings. The fourth-order valence-corrected chi connectivity index (χ4v) is 5.89. The molecule has 1 atom stereocenters. The predicted octanol–water partition coefficient (Wildman–Crippen LogP) is 2.44. The third-order valence-electron chi connectivity index (χ3n) is 4.75. The minimum absolute atomic E-state index is 0.0204. The van der Waals surface area contributed by atoms with Crippen LogP contribution in [0.25, 0.3) is 0 Å². The van der Waals surface area contributed by atoms with Crippen molar-refractivity contribution in [3.8, 4) is 0 Å². The molecule has 2 amide bonds. The molecule has 3 rings (SSSR count). The van der Waals surface area contributed by atoms with Gasteiger partial charge in [-0.3, -0.25) is 9.59 Å². The third-order valence-corrected chi connectivity index (χ3v) is 7.58. The highest BCUT2D eigenvalue weighted by atomic mass is 32.2. The Balaban J connectivity index is 1.74. The highest BCUT2D eigenvalue weighted by Gasteiger charge is 2.36. The molecule has 0 spiro atoms. The van der Waals surface area contributed by atoms with Gasteiger partial charge in [-0.2, -0.15) is 0 Å². The van der Waals surface area contributed by atoms with Gasteiger partial charge in [0.15, 0.2) is 9.84 Å². The second-order valence-electron chi connectivity index (χ2n) is 6.91. The molecule has 7 nitrogen and oxygen atoms in total. The molecule has 1 heterocycles. The number of hydrogen-bond acceptors (Lipinski definition) is 6. The lowest BCUT2D eigenvalue weighted by atomic mass is 10.2. The number of amides is 2. The molecule has 0 radical (unpaired) electrons. The van der Waals surface area contributed by atoms with Crippen molar-refractivity contribution in [1.82, 2.24) is 4.90 Å². The van der Waals surface area contributed by atoms with E-state index in [1.165, 1.54) is 23.8 Å². The van der Waals surface area contributed by atoms with Crippen LogP contribution in [0, 0.1) is 0 Å². The Morgan fingerprint density at radius 2 is 1.83 bits per heavy atom. The highest BCUT2D eigenvalue weighted by Crippen LogP contribution is 2.33. The van der Waals surface area contributed by atoms with Crippen LogP contribution in [-0.4, -0.2) is 62.9 Å². The summed E-state index contributed by atoms with van der Waals surface area (Å²) in [7, 11) is -1.70. The predicted molar refractivity (Wildman–Crippen MR) is 116 cm³/mol. The fourth-order valence-electron chi connectivity index (χ4n) is 3.24. The molecule has 0 aliphatic carbocycles. The van der Waals surface area contributed by atoms with Gasteiger partial charge in [-0.25, -0.2) is 8.42 Å². The van der Waals surface area contributed by atoms with Crippen molar-refractivity contribution in [3.63, 3.8) is 0 Å². The standard InChI is InChI=1S/C21H24N2O5S2/c1-28-13-12-23(16-11-14-30(26,27)15-16)21(25)20(24)22-18-9-5-6-10-19(18)29-17-7-3-2-4-8-17/h2-10,16H,11-15H2,1H3,(H,22,24). The number of para-hydroxylation sites is 1. The van der Waals surface area contributed by atoms with E-state index in [1.807, 2.05) is 42.5 Å². The van der Waals surface area contributed by atoms with Crippen LogP contribution in [-0.2, 0) is 24.2 Å². The third kappa shape index (κ3) is 5.84. The Morgan fingerprint density at radius 1 is 1.13 bits per heavy atom. The van der Waals surface area contributed by atoms with Crippen molar-refractivity contribution >= 4 is 39.1 Å². The minimum atomic E-state index is -3.19. The van der Waals surface area contributed by atoms with Crippen LogP contribution in [0.5, 0.6) is 0 Å². The number of hydrogen-bond donors (Lipinski definition) is 1. The molecule has 0 bridgehead atoms. The maximum absolute atomic E-state index is 12.9. The molecular formula is C21H24N2O5S2. The zero-order valence-electron chi connectivity index (χ0n) is 16.6. The Bertz CT molecular complexity index is 995. The molecule has 1 aliphatic rings. The van der Waals surface area contributed by atoms with E-state index in [0.717, 1.165) is 9.79 Å². The van der Waals surface area contributed by atoms with Gasteiger partial charge in [-0.1, -0.05) is 42.1 Å². The zero-order valence-corrected chi connectivity index (χ0v) is 18.2. The van der Waals surface area contributed by atoms with E-state index >= 15 is 0 Å².